The molecular weight excluding hydrogens is 204 g/mol. The van der Waals surface area contributed by atoms with Crippen LogP contribution < -0.4 is 10.6 Å². The van der Waals surface area contributed by atoms with Gasteiger partial charge in [-0.25, -0.2) is 0 Å². The molecule has 2 atom stereocenters. The maximum atomic E-state index is 12.1. The Labute approximate surface area is 97.8 Å². The van der Waals surface area contributed by atoms with Crippen molar-refractivity contribution in [3.05, 3.63) is 0 Å². The number of hydrogen-bond acceptors (Lipinski definition) is 3. The van der Waals surface area contributed by atoms with Crippen molar-refractivity contribution in [2.45, 2.75) is 33.1 Å². The fourth-order valence-corrected chi connectivity index (χ4v) is 2.18. The Balaban J connectivity index is 2.38. The molecule has 0 radical (unpaired) electrons. The summed E-state index contributed by atoms with van der Waals surface area (Å²) in [6.45, 7) is 6.71. The van der Waals surface area contributed by atoms with Gasteiger partial charge in [0.05, 0.1) is 5.41 Å². The quantitative estimate of drug-likeness (QED) is 0.621. The molecule has 4 heteroatoms. The maximum Gasteiger partial charge on any atom is 0.227 e. The number of carbonyl (C=O) groups excluding carboxylic acids is 1. The van der Waals surface area contributed by atoms with Gasteiger partial charge in [0, 0.05) is 19.7 Å². The van der Waals surface area contributed by atoms with Crippen LogP contribution in [0.1, 0.15) is 33.1 Å². The number of amides is 1. The van der Waals surface area contributed by atoms with E-state index in [9.17, 15) is 4.79 Å². The van der Waals surface area contributed by atoms with E-state index in [-0.39, 0.29) is 17.9 Å². The van der Waals surface area contributed by atoms with Crippen molar-refractivity contribution < 1.29 is 9.90 Å². The van der Waals surface area contributed by atoms with Crippen LogP contribution >= 0.6 is 0 Å². The first-order valence-corrected chi connectivity index (χ1v) is 6.24. The van der Waals surface area contributed by atoms with E-state index in [0.29, 0.717) is 12.5 Å². The highest BCUT2D eigenvalue weighted by Gasteiger charge is 2.39. The van der Waals surface area contributed by atoms with Gasteiger partial charge in [-0.2, -0.15) is 0 Å². The Morgan fingerprint density at radius 3 is 2.88 bits per heavy atom. The van der Waals surface area contributed by atoms with Crippen molar-refractivity contribution in [3.8, 4) is 0 Å². The van der Waals surface area contributed by atoms with Crippen molar-refractivity contribution in [1.29, 1.82) is 0 Å². The fraction of sp³-hybridized carbons (Fsp3) is 0.917. The number of aliphatic hydroxyl groups is 1. The molecule has 16 heavy (non-hydrogen) atoms. The zero-order valence-electron chi connectivity index (χ0n) is 10.4. The lowest BCUT2D eigenvalue weighted by atomic mass is 9.83. The van der Waals surface area contributed by atoms with E-state index in [4.69, 9.17) is 5.11 Å². The molecule has 1 rings (SSSR count). The smallest absolute Gasteiger partial charge is 0.227 e. The third kappa shape index (κ3) is 3.19. The molecule has 0 spiro atoms. The van der Waals surface area contributed by atoms with Crippen molar-refractivity contribution in [3.63, 3.8) is 0 Å². The summed E-state index contributed by atoms with van der Waals surface area (Å²) in [5, 5.41) is 15.1. The van der Waals surface area contributed by atoms with Gasteiger partial charge in [-0.15, -0.1) is 0 Å². The molecular formula is C12H24N2O2. The summed E-state index contributed by atoms with van der Waals surface area (Å²) in [7, 11) is 0. The van der Waals surface area contributed by atoms with Crippen LogP contribution in [0.5, 0.6) is 0 Å². The lowest BCUT2D eigenvalue weighted by Crippen LogP contribution is -2.43. The van der Waals surface area contributed by atoms with Crippen LogP contribution in [0.3, 0.4) is 0 Å². The largest absolute Gasteiger partial charge is 0.396 e. The number of aliphatic hydroxyl groups excluding tert-OH is 1. The third-order valence-corrected chi connectivity index (χ3v) is 3.64. The predicted octanol–water partition coefficient (Wildman–Crippen LogP) is 0.511. The molecule has 1 saturated heterocycles. The van der Waals surface area contributed by atoms with Crippen molar-refractivity contribution in [1.82, 2.24) is 10.6 Å². The predicted molar refractivity (Wildman–Crippen MR) is 64.1 cm³/mol. The molecule has 3 N–H and O–H groups in total. The number of rotatable bonds is 6. The average Bonchev–Trinajstić information content (AvgIpc) is 2.76. The second-order valence-electron chi connectivity index (χ2n) is 4.89. The van der Waals surface area contributed by atoms with Gasteiger partial charge in [-0.3, -0.25) is 4.79 Å². The van der Waals surface area contributed by atoms with Gasteiger partial charge in [0.1, 0.15) is 0 Å². The standard InChI is InChI=1S/C12H24N2O2/c1-3-12(5-6-13-9-12)11(16)14-8-10(2)4-7-15/h10,13,15H,3-9H2,1-2H3,(H,14,16). The van der Waals surface area contributed by atoms with Crippen molar-refractivity contribution in [2.75, 3.05) is 26.2 Å². The Bertz CT molecular complexity index is 225. The minimum absolute atomic E-state index is 0.171. The minimum Gasteiger partial charge on any atom is -0.396 e. The normalized spacial score (nSPS) is 26.7. The van der Waals surface area contributed by atoms with E-state index in [2.05, 4.69) is 17.6 Å². The number of hydrogen-bond donors (Lipinski definition) is 3. The molecule has 1 heterocycles. The van der Waals surface area contributed by atoms with Crippen LogP contribution in [-0.2, 0) is 4.79 Å². The number of nitrogens with one attached hydrogen (secondary N) is 2. The SMILES string of the molecule is CCC1(C(=O)NCC(C)CCO)CCNC1. The van der Waals surface area contributed by atoms with E-state index >= 15 is 0 Å². The highest BCUT2D eigenvalue weighted by atomic mass is 16.3. The Morgan fingerprint density at radius 2 is 2.38 bits per heavy atom. The summed E-state index contributed by atoms with van der Waals surface area (Å²) in [4.78, 5) is 12.1. The highest BCUT2D eigenvalue weighted by Crippen LogP contribution is 2.29. The summed E-state index contributed by atoms with van der Waals surface area (Å²) in [5.74, 6) is 0.516. The Kier molecular flexibility index (Phi) is 5.22. The molecule has 2 unspecified atom stereocenters. The lowest BCUT2D eigenvalue weighted by molar-refractivity contribution is -0.130. The summed E-state index contributed by atoms with van der Waals surface area (Å²) in [6, 6.07) is 0. The van der Waals surface area contributed by atoms with Crippen molar-refractivity contribution >= 4 is 5.91 Å². The minimum atomic E-state index is -0.196. The summed E-state index contributed by atoms with van der Waals surface area (Å²) < 4.78 is 0. The van der Waals surface area contributed by atoms with Gasteiger partial charge in [-0.05, 0) is 31.7 Å². The average molecular weight is 228 g/mol. The monoisotopic (exact) mass is 228 g/mol. The zero-order chi connectivity index (χ0) is 12.0. The Morgan fingerprint density at radius 1 is 1.62 bits per heavy atom. The molecule has 94 valence electrons. The van der Waals surface area contributed by atoms with Gasteiger partial charge in [-0.1, -0.05) is 13.8 Å². The number of carbonyl (C=O) groups is 1. The summed E-state index contributed by atoms with van der Waals surface area (Å²) >= 11 is 0. The molecule has 1 fully saturated rings. The molecule has 0 aliphatic carbocycles. The van der Waals surface area contributed by atoms with Crippen LogP contribution in [0.25, 0.3) is 0 Å². The molecule has 0 saturated carbocycles. The van der Waals surface area contributed by atoms with Gasteiger partial charge >= 0.3 is 0 Å². The molecule has 1 aliphatic heterocycles. The molecule has 1 aliphatic rings. The van der Waals surface area contributed by atoms with E-state index in [1.54, 1.807) is 0 Å². The van der Waals surface area contributed by atoms with E-state index in [0.717, 1.165) is 32.4 Å². The summed E-state index contributed by atoms with van der Waals surface area (Å²) in [6.07, 6.45) is 2.57. The van der Waals surface area contributed by atoms with Gasteiger partial charge < -0.3 is 15.7 Å². The molecule has 0 aromatic heterocycles. The molecule has 1 amide bonds. The summed E-state index contributed by atoms with van der Waals surface area (Å²) in [5.41, 5.74) is -0.196. The molecule has 0 aromatic carbocycles. The third-order valence-electron chi connectivity index (χ3n) is 3.64. The molecule has 0 bridgehead atoms. The fourth-order valence-electron chi connectivity index (χ4n) is 2.18. The highest BCUT2D eigenvalue weighted by molar-refractivity contribution is 5.83. The van der Waals surface area contributed by atoms with Crippen LogP contribution in [0.2, 0.25) is 0 Å². The van der Waals surface area contributed by atoms with E-state index in [1.165, 1.54) is 0 Å². The first-order valence-electron chi connectivity index (χ1n) is 6.24. The topological polar surface area (TPSA) is 61.4 Å². The first kappa shape index (κ1) is 13.5. The van der Waals surface area contributed by atoms with Crippen LogP contribution in [0, 0.1) is 11.3 Å². The van der Waals surface area contributed by atoms with Crippen molar-refractivity contribution in [2.24, 2.45) is 11.3 Å². The van der Waals surface area contributed by atoms with E-state index in [1.807, 2.05) is 6.92 Å². The van der Waals surface area contributed by atoms with Gasteiger partial charge in [0.15, 0.2) is 0 Å². The second-order valence-corrected chi connectivity index (χ2v) is 4.89. The van der Waals surface area contributed by atoms with Gasteiger partial charge in [0.2, 0.25) is 5.91 Å². The Hall–Kier alpha value is -0.610. The maximum absolute atomic E-state index is 12.1. The van der Waals surface area contributed by atoms with Gasteiger partial charge in [0.25, 0.3) is 0 Å². The molecule has 0 aromatic rings. The van der Waals surface area contributed by atoms with E-state index < -0.39 is 0 Å². The second kappa shape index (κ2) is 6.21. The lowest BCUT2D eigenvalue weighted by Gasteiger charge is -2.26. The van der Waals surface area contributed by atoms with Crippen LogP contribution in [0.15, 0.2) is 0 Å². The zero-order valence-corrected chi connectivity index (χ0v) is 10.4. The van der Waals surface area contributed by atoms with Crippen LogP contribution in [-0.4, -0.2) is 37.3 Å². The molecule has 4 nitrogen and oxygen atoms in total. The first-order chi connectivity index (χ1) is 7.64. The van der Waals surface area contributed by atoms with Crippen LogP contribution in [0.4, 0.5) is 0 Å².